The Balaban J connectivity index is 1.33. The van der Waals surface area contributed by atoms with Crippen LogP contribution in [0.25, 0.3) is 16.7 Å². The Kier molecular flexibility index (Phi) is 7.42. The second-order valence-corrected chi connectivity index (χ2v) is 9.11. The fourth-order valence-electron chi connectivity index (χ4n) is 4.27. The second kappa shape index (κ2) is 11.0. The van der Waals surface area contributed by atoms with E-state index in [1.165, 1.54) is 34.0 Å². The van der Waals surface area contributed by atoms with Crippen molar-refractivity contribution in [2.75, 3.05) is 6.61 Å². The van der Waals surface area contributed by atoms with E-state index in [-0.39, 0.29) is 11.1 Å². The molecule has 4 aromatic rings. The number of fused-ring (bicyclic) bond motifs is 1. The van der Waals surface area contributed by atoms with Crippen LogP contribution in [-0.4, -0.2) is 94.5 Å². The molecule has 1 aliphatic heterocycles. The summed E-state index contributed by atoms with van der Waals surface area (Å²) in [5.41, 5.74) is 2.42. The molecule has 14 heteroatoms. The van der Waals surface area contributed by atoms with Gasteiger partial charge in [0.15, 0.2) is 11.1 Å². The lowest BCUT2D eigenvalue weighted by Crippen LogP contribution is -2.60. The number of rotatable bonds is 7. The van der Waals surface area contributed by atoms with Crippen LogP contribution in [0, 0.1) is 12.3 Å². The van der Waals surface area contributed by atoms with Crippen LogP contribution in [-0.2, 0) is 4.74 Å². The quantitative estimate of drug-likeness (QED) is 0.167. The van der Waals surface area contributed by atoms with Crippen molar-refractivity contribution in [1.82, 2.24) is 19.4 Å². The van der Waals surface area contributed by atoms with Gasteiger partial charge in [0, 0.05) is 0 Å². The zero-order chi connectivity index (χ0) is 28.6. The van der Waals surface area contributed by atoms with Gasteiger partial charge in [0.1, 0.15) is 36.5 Å². The molecule has 2 aromatic heterocycles. The Morgan fingerprint density at radius 3 is 2.45 bits per heavy atom. The minimum atomic E-state index is -1.54. The standard InChI is InChI=1S/C26H26N6O8/c1-13-19-23(27)31(12-28-24(19)32(30-13)16-6-4-15(5-7-16)25(37)38)29-10-14-2-8-17(9-3-14)39-26-22(36)21(35)20(34)18(11-33)40-26/h2-10,12,18,20-22,26-27,33-36H,11H2,1H3,(H,37,38)/b27-23?,29-10-. The lowest BCUT2D eigenvalue weighted by atomic mass is 9.99. The molecule has 5 atom stereocenters. The summed E-state index contributed by atoms with van der Waals surface area (Å²) in [6.07, 6.45) is -4.04. The Morgan fingerprint density at radius 2 is 1.80 bits per heavy atom. The lowest BCUT2D eigenvalue weighted by Gasteiger charge is -2.39. The molecule has 0 spiro atoms. The first-order valence-electron chi connectivity index (χ1n) is 12.1. The van der Waals surface area contributed by atoms with E-state index in [0.717, 1.165) is 0 Å². The number of nitrogens with one attached hydrogen (secondary N) is 1. The molecule has 1 aliphatic rings. The molecule has 3 heterocycles. The van der Waals surface area contributed by atoms with Gasteiger partial charge in [-0.3, -0.25) is 5.41 Å². The molecule has 0 aliphatic carbocycles. The Labute approximate surface area is 226 Å². The summed E-state index contributed by atoms with van der Waals surface area (Å²) in [6, 6.07) is 12.7. The van der Waals surface area contributed by atoms with E-state index in [1.54, 1.807) is 43.3 Å². The van der Waals surface area contributed by atoms with Gasteiger partial charge in [-0.1, -0.05) is 0 Å². The average molecular weight is 551 g/mol. The minimum absolute atomic E-state index is 0.0507. The van der Waals surface area contributed by atoms with E-state index in [2.05, 4.69) is 15.2 Å². The Morgan fingerprint density at radius 1 is 1.10 bits per heavy atom. The molecule has 14 nitrogen and oxygen atoms in total. The third-order valence-corrected chi connectivity index (χ3v) is 6.46. The van der Waals surface area contributed by atoms with Crippen LogP contribution in [0.2, 0.25) is 0 Å². The lowest BCUT2D eigenvalue weighted by molar-refractivity contribution is -0.277. The number of nitrogens with zero attached hydrogens (tertiary/aromatic N) is 5. The second-order valence-electron chi connectivity index (χ2n) is 9.11. The number of hydrogen-bond donors (Lipinski definition) is 6. The molecular formula is C26H26N6O8. The first-order valence-corrected chi connectivity index (χ1v) is 12.1. The SMILES string of the molecule is Cc1nn(-c2ccc(C(=O)O)cc2)c2ncn(/N=C\c3ccc(OC4OC(CO)C(O)C(O)C4O)cc3)c(=N)c12. The van der Waals surface area contributed by atoms with Gasteiger partial charge in [0.2, 0.25) is 6.29 Å². The zero-order valence-corrected chi connectivity index (χ0v) is 21.1. The number of carboxylic acids is 1. The normalized spacial score (nSPS) is 23.1. The summed E-state index contributed by atoms with van der Waals surface area (Å²) in [5.74, 6) is -0.729. The Bertz CT molecular complexity index is 1610. The van der Waals surface area contributed by atoms with Crippen molar-refractivity contribution < 1.29 is 39.8 Å². The third kappa shape index (κ3) is 5.09. The van der Waals surface area contributed by atoms with E-state index in [1.807, 2.05) is 0 Å². The summed E-state index contributed by atoms with van der Waals surface area (Å²) >= 11 is 0. The number of aliphatic hydroxyl groups excluding tert-OH is 4. The molecule has 1 fully saturated rings. The van der Waals surface area contributed by atoms with Gasteiger partial charge in [-0.25, -0.2) is 19.1 Å². The van der Waals surface area contributed by atoms with E-state index in [4.69, 9.17) is 20.0 Å². The molecule has 2 aromatic carbocycles. The van der Waals surface area contributed by atoms with Gasteiger partial charge in [0.05, 0.1) is 35.2 Å². The molecule has 0 bridgehead atoms. The van der Waals surface area contributed by atoms with Crippen LogP contribution in [0.4, 0.5) is 0 Å². The van der Waals surface area contributed by atoms with Crippen molar-refractivity contribution in [3.63, 3.8) is 0 Å². The van der Waals surface area contributed by atoms with Gasteiger partial charge in [-0.15, -0.1) is 0 Å². The highest BCUT2D eigenvalue weighted by atomic mass is 16.7. The van der Waals surface area contributed by atoms with Gasteiger partial charge >= 0.3 is 5.97 Å². The van der Waals surface area contributed by atoms with Gasteiger partial charge in [-0.05, 0) is 61.0 Å². The minimum Gasteiger partial charge on any atom is -0.478 e. The monoisotopic (exact) mass is 550 g/mol. The number of ether oxygens (including phenoxy) is 2. The predicted octanol–water partition coefficient (Wildman–Crippen LogP) is -0.231. The fraction of sp³-hybridized carbons (Fsp3) is 0.269. The number of aromatic nitrogens is 4. The highest BCUT2D eigenvalue weighted by Gasteiger charge is 2.44. The van der Waals surface area contributed by atoms with Crippen molar-refractivity contribution in [1.29, 1.82) is 5.41 Å². The summed E-state index contributed by atoms with van der Waals surface area (Å²) in [7, 11) is 0. The number of carboxylic acid groups (broad SMARTS) is 1. The third-order valence-electron chi connectivity index (χ3n) is 6.46. The smallest absolute Gasteiger partial charge is 0.335 e. The largest absolute Gasteiger partial charge is 0.478 e. The molecule has 0 saturated carbocycles. The average Bonchev–Trinajstić information content (AvgIpc) is 3.30. The first kappa shape index (κ1) is 27.1. The highest BCUT2D eigenvalue weighted by Crippen LogP contribution is 2.24. The van der Waals surface area contributed by atoms with Crippen LogP contribution < -0.4 is 10.2 Å². The van der Waals surface area contributed by atoms with Crippen LogP contribution >= 0.6 is 0 Å². The molecule has 5 unspecified atom stereocenters. The number of aromatic carboxylic acids is 1. The maximum atomic E-state index is 11.1. The van der Waals surface area contributed by atoms with E-state index in [0.29, 0.717) is 33.7 Å². The van der Waals surface area contributed by atoms with E-state index >= 15 is 0 Å². The molecule has 208 valence electrons. The van der Waals surface area contributed by atoms with Crippen LogP contribution in [0.3, 0.4) is 0 Å². The van der Waals surface area contributed by atoms with Crippen LogP contribution in [0.5, 0.6) is 5.75 Å². The van der Waals surface area contributed by atoms with Gasteiger partial charge in [-0.2, -0.15) is 10.2 Å². The molecule has 6 N–H and O–H groups in total. The number of benzene rings is 2. The van der Waals surface area contributed by atoms with Gasteiger partial charge < -0.3 is 35.0 Å². The Hall–Kier alpha value is -4.47. The summed E-state index contributed by atoms with van der Waals surface area (Å²) < 4.78 is 13.8. The molecule has 1 saturated heterocycles. The number of aryl methyl sites for hydroxylation is 1. The number of carbonyl (C=O) groups is 1. The van der Waals surface area contributed by atoms with Crippen molar-refractivity contribution in [2.24, 2.45) is 5.10 Å². The molecular weight excluding hydrogens is 524 g/mol. The number of hydrogen-bond acceptors (Lipinski definition) is 11. The van der Waals surface area contributed by atoms with Crippen LogP contribution in [0.1, 0.15) is 21.6 Å². The molecule has 5 rings (SSSR count). The summed E-state index contributed by atoms with van der Waals surface area (Å²) in [5, 5.41) is 66.3. The topological polar surface area (TPSA) is 209 Å². The van der Waals surface area contributed by atoms with Crippen molar-refractivity contribution in [3.05, 3.63) is 77.2 Å². The van der Waals surface area contributed by atoms with E-state index < -0.39 is 43.3 Å². The fourth-order valence-corrected chi connectivity index (χ4v) is 4.27. The van der Waals surface area contributed by atoms with E-state index in [9.17, 15) is 25.2 Å². The molecule has 40 heavy (non-hydrogen) atoms. The first-order chi connectivity index (χ1) is 19.2. The van der Waals surface area contributed by atoms with Crippen molar-refractivity contribution in [2.45, 2.75) is 37.6 Å². The van der Waals surface area contributed by atoms with Gasteiger partial charge in [0.25, 0.3) is 0 Å². The van der Waals surface area contributed by atoms with Crippen molar-refractivity contribution >= 4 is 23.2 Å². The highest BCUT2D eigenvalue weighted by molar-refractivity contribution is 5.88. The molecule has 0 radical (unpaired) electrons. The van der Waals surface area contributed by atoms with Crippen molar-refractivity contribution in [3.8, 4) is 11.4 Å². The maximum absolute atomic E-state index is 11.1. The molecule has 0 amide bonds. The van der Waals surface area contributed by atoms with Crippen LogP contribution in [0.15, 0.2) is 60.0 Å². The maximum Gasteiger partial charge on any atom is 0.335 e. The number of aliphatic hydroxyl groups is 4. The predicted molar refractivity (Wildman–Crippen MR) is 138 cm³/mol. The summed E-state index contributed by atoms with van der Waals surface area (Å²) in [6.45, 7) is 1.18. The zero-order valence-electron chi connectivity index (χ0n) is 21.1. The summed E-state index contributed by atoms with van der Waals surface area (Å²) in [4.78, 5) is 15.6.